The van der Waals surface area contributed by atoms with Crippen molar-refractivity contribution in [1.82, 2.24) is 9.97 Å². The molecule has 0 unspecified atom stereocenters. The SMILES string of the molecule is O=[N+]([O-])c1cc2c(Nc3ccc(Cl)c(Cl)c3)ncnc2cc1Cl. The molecule has 0 spiro atoms. The second-order valence-corrected chi connectivity index (χ2v) is 5.78. The van der Waals surface area contributed by atoms with Crippen LogP contribution in [0, 0.1) is 10.1 Å². The fraction of sp³-hybridized carbons (Fsp3) is 0. The Hall–Kier alpha value is -2.15. The molecule has 0 atom stereocenters. The zero-order valence-electron chi connectivity index (χ0n) is 11.3. The van der Waals surface area contributed by atoms with E-state index in [0.29, 0.717) is 32.5 Å². The molecule has 3 rings (SSSR count). The quantitative estimate of drug-likeness (QED) is 0.504. The molecule has 0 fully saturated rings. The number of anilines is 2. The minimum atomic E-state index is -0.558. The number of nitro benzene ring substituents is 1. The number of rotatable bonds is 3. The highest BCUT2D eigenvalue weighted by Crippen LogP contribution is 2.33. The fourth-order valence-corrected chi connectivity index (χ4v) is 2.54. The summed E-state index contributed by atoms with van der Waals surface area (Å²) in [7, 11) is 0. The van der Waals surface area contributed by atoms with Crippen LogP contribution in [-0.4, -0.2) is 14.9 Å². The van der Waals surface area contributed by atoms with Gasteiger partial charge in [0.1, 0.15) is 17.2 Å². The molecule has 0 saturated carbocycles. The Morgan fingerprint density at radius 2 is 1.78 bits per heavy atom. The number of aromatic nitrogens is 2. The highest BCUT2D eigenvalue weighted by molar-refractivity contribution is 6.42. The lowest BCUT2D eigenvalue weighted by atomic mass is 10.2. The molecule has 0 saturated heterocycles. The summed E-state index contributed by atoms with van der Waals surface area (Å²) in [6, 6.07) is 7.73. The maximum absolute atomic E-state index is 11.0. The number of fused-ring (bicyclic) bond motifs is 1. The molecule has 1 aromatic heterocycles. The Balaban J connectivity index is 2.11. The summed E-state index contributed by atoms with van der Waals surface area (Å²) in [5.41, 5.74) is 0.904. The molecule has 0 bridgehead atoms. The molecule has 3 aromatic rings. The van der Waals surface area contributed by atoms with Crippen LogP contribution in [0.15, 0.2) is 36.7 Å². The largest absolute Gasteiger partial charge is 0.340 e. The first-order valence-electron chi connectivity index (χ1n) is 6.26. The minimum Gasteiger partial charge on any atom is -0.340 e. The predicted molar refractivity (Wildman–Crippen MR) is 90.9 cm³/mol. The van der Waals surface area contributed by atoms with E-state index in [9.17, 15) is 10.1 Å². The van der Waals surface area contributed by atoms with Gasteiger partial charge in [0.2, 0.25) is 0 Å². The lowest BCUT2D eigenvalue weighted by Gasteiger charge is -2.09. The number of nitro groups is 1. The molecule has 9 heteroatoms. The number of halogens is 3. The first kappa shape index (κ1) is 15.7. The number of benzene rings is 2. The zero-order chi connectivity index (χ0) is 16.6. The molecular weight excluding hydrogens is 363 g/mol. The third-order valence-electron chi connectivity index (χ3n) is 3.08. The van der Waals surface area contributed by atoms with Crippen molar-refractivity contribution in [2.45, 2.75) is 0 Å². The van der Waals surface area contributed by atoms with Gasteiger partial charge in [0.15, 0.2) is 0 Å². The molecule has 6 nitrogen and oxygen atoms in total. The van der Waals surface area contributed by atoms with Gasteiger partial charge in [-0.05, 0) is 24.3 Å². The standard InChI is InChI=1S/C14H7Cl3N4O2/c15-9-2-1-7(3-10(9)16)20-14-8-4-13(21(22)23)11(17)5-12(8)18-6-19-14/h1-6H,(H,18,19,20). The third kappa shape index (κ3) is 3.14. The smallest absolute Gasteiger partial charge is 0.288 e. The van der Waals surface area contributed by atoms with E-state index in [1.54, 1.807) is 18.2 Å². The van der Waals surface area contributed by atoms with E-state index in [0.717, 1.165) is 0 Å². The monoisotopic (exact) mass is 368 g/mol. The van der Waals surface area contributed by atoms with Gasteiger partial charge in [-0.1, -0.05) is 34.8 Å². The van der Waals surface area contributed by atoms with E-state index < -0.39 is 4.92 Å². The summed E-state index contributed by atoms with van der Waals surface area (Å²) >= 11 is 17.7. The average molecular weight is 370 g/mol. The van der Waals surface area contributed by atoms with Gasteiger partial charge >= 0.3 is 0 Å². The molecule has 2 aromatic carbocycles. The van der Waals surface area contributed by atoms with Gasteiger partial charge in [-0.2, -0.15) is 0 Å². The van der Waals surface area contributed by atoms with Crippen LogP contribution in [0.5, 0.6) is 0 Å². The maximum atomic E-state index is 11.0. The van der Waals surface area contributed by atoms with Crippen LogP contribution in [0.25, 0.3) is 10.9 Å². The first-order chi connectivity index (χ1) is 11.0. The van der Waals surface area contributed by atoms with E-state index in [-0.39, 0.29) is 10.7 Å². The Morgan fingerprint density at radius 1 is 1.00 bits per heavy atom. The number of hydrogen-bond donors (Lipinski definition) is 1. The molecule has 0 aliphatic rings. The van der Waals surface area contributed by atoms with Gasteiger partial charge in [-0.25, -0.2) is 9.97 Å². The van der Waals surface area contributed by atoms with Gasteiger partial charge < -0.3 is 5.32 Å². The van der Waals surface area contributed by atoms with Crippen LogP contribution < -0.4 is 5.32 Å². The Labute approximate surface area is 145 Å². The van der Waals surface area contributed by atoms with Crippen molar-refractivity contribution >= 4 is 62.9 Å². The highest BCUT2D eigenvalue weighted by Gasteiger charge is 2.16. The van der Waals surface area contributed by atoms with Crippen LogP contribution >= 0.6 is 34.8 Å². The zero-order valence-corrected chi connectivity index (χ0v) is 13.5. The van der Waals surface area contributed by atoms with Crippen molar-refractivity contribution in [2.24, 2.45) is 0 Å². The second kappa shape index (κ2) is 6.16. The molecule has 116 valence electrons. The van der Waals surface area contributed by atoms with Gasteiger partial charge in [0.25, 0.3) is 5.69 Å². The Bertz CT molecular complexity index is 933. The van der Waals surface area contributed by atoms with Gasteiger partial charge in [-0.3, -0.25) is 10.1 Å². The van der Waals surface area contributed by atoms with E-state index in [1.807, 2.05) is 0 Å². The van der Waals surface area contributed by atoms with Gasteiger partial charge in [-0.15, -0.1) is 0 Å². The first-order valence-corrected chi connectivity index (χ1v) is 7.40. The number of hydrogen-bond acceptors (Lipinski definition) is 5. The molecule has 0 aliphatic carbocycles. The average Bonchev–Trinajstić information content (AvgIpc) is 2.50. The molecular formula is C14H7Cl3N4O2. The van der Waals surface area contributed by atoms with Crippen molar-refractivity contribution in [2.75, 3.05) is 5.32 Å². The van der Waals surface area contributed by atoms with Crippen LogP contribution in [0.1, 0.15) is 0 Å². The lowest BCUT2D eigenvalue weighted by molar-refractivity contribution is -0.384. The summed E-state index contributed by atoms with van der Waals surface area (Å²) in [6.07, 6.45) is 1.34. The van der Waals surface area contributed by atoms with E-state index >= 15 is 0 Å². The van der Waals surface area contributed by atoms with Crippen LogP contribution in [-0.2, 0) is 0 Å². The van der Waals surface area contributed by atoms with Gasteiger partial charge in [0, 0.05) is 17.1 Å². The van der Waals surface area contributed by atoms with Crippen LogP contribution in [0.3, 0.4) is 0 Å². The summed E-state index contributed by atoms with van der Waals surface area (Å²) < 4.78 is 0. The number of nitrogens with one attached hydrogen (secondary N) is 1. The fourth-order valence-electron chi connectivity index (χ4n) is 2.02. The molecule has 0 amide bonds. The summed E-state index contributed by atoms with van der Waals surface area (Å²) in [4.78, 5) is 18.7. The van der Waals surface area contributed by atoms with E-state index in [4.69, 9.17) is 34.8 Å². The van der Waals surface area contributed by atoms with E-state index in [2.05, 4.69) is 15.3 Å². The van der Waals surface area contributed by atoms with Crippen molar-refractivity contribution in [3.63, 3.8) is 0 Å². The maximum Gasteiger partial charge on any atom is 0.288 e. The minimum absolute atomic E-state index is 0.0155. The predicted octanol–water partition coefficient (Wildman–Crippen LogP) is 5.24. The molecule has 0 aliphatic heterocycles. The van der Waals surface area contributed by atoms with Crippen molar-refractivity contribution in [1.29, 1.82) is 0 Å². The van der Waals surface area contributed by atoms with Crippen LogP contribution in [0.2, 0.25) is 15.1 Å². The number of nitrogens with zero attached hydrogens (tertiary/aromatic N) is 3. The molecule has 1 N–H and O–H groups in total. The molecule has 23 heavy (non-hydrogen) atoms. The van der Waals surface area contributed by atoms with Crippen molar-refractivity contribution in [3.8, 4) is 0 Å². The molecule has 0 radical (unpaired) electrons. The normalized spacial score (nSPS) is 10.7. The Morgan fingerprint density at radius 3 is 2.48 bits per heavy atom. The molecule has 1 heterocycles. The third-order valence-corrected chi connectivity index (χ3v) is 4.12. The van der Waals surface area contributed by atoms with Gasteiger partial charge in [0.05, 0.1) is 20.5 Å². The van der Waals surface area contributed by atoms with Crippen molar-refractivity contribution in [3.05, 3.63) is 61.8 Å². The summed E-state index contributed by atoms with van der Waals surface area (Å²) in [5, 5.41) is 15.4. The van der Waals surface area contributed by atoms with E-state index in [1.165, 1.54) is 18.5 Å². The van der Waals surface area contributed by atoms with Crippen molar-refractivity contribution < 1.29 is 4.92 Å². The summed E-state index contributed by atoms with van der Waals surface area (Å²) in [6.45, 7) is 0. The summed E-state index contributed by atoms with van der Waals surface area (Å²) in [5.74, 6) is 0.396. The second-order valence-electron chi connectivity index (χ2n) is 4.55. The highest BCUT2D eigenvalue weighted by atomic mass is 35.5. The Kier molecular flexibility index (Phi) is 4.21. The van der Waals surface area contributed by atoms with Crippen LogP contribution in [0.4, 0.5) is 17.2 Å². The lowest BCUT2D eigenvalue weighted by Crippen LogP contribution is -1.97. The topological polar surface area (TPSA) is 81.0 Å².